The zero-order chi connectivity index (χ0) is 21.2. The lowest BCUT2D eigenvalue weighted by Crippen LogP contribution is -2.19. The van der Waals surface area contributed by atoms with Crippen molar-refractivity contribution in [2.75, 3.05) is 5.32 Å². The highest BCUT2D eigenvalue weighted by molar-refractivity contribution is 7.85. The van der Waals surface area contributed by atoms with Crippen LogP contribution in [0.2, 0.25) is 0 Å². The Hall–Kier alpha value is -2.18. The van der Waals surface area contributed by atoms with Gasteiger partial charge in [0.25, 0.3) is 16.0 Å². The average molecular weight is 404 g/mol. The Balaban J connectivity index is 2.49. The molecule has 2 aromatic rings. The molecule has 0 aliphatic rings. The van der Waals surface area contributed by atoms with Crippen molar-refractivity contribution in [1.82, 2.24) is 0 Å². The largest absolute Gasteiger partial charge is 0.322 e. The smallest absolute Gasteiger partial charge is 0.294 e. The predicted molar refractivity (Wildman–Crippen MR) is 113 cm³/mol. The topological polar surface area (TPSA) is 83.5 Å². The molecule has 0 unspecified atom stereocenters. The van der Waals surface area contributed by atoms with Crippen LogP contribution in [0.5, 0.6) is 0 Å². The van der Waals surface area contributed by atoms with Crippen LogP contribution in [0.25, 0.3) is 0 Å². The molecule has 0 fully saturated rings. The maximum atomic E-state index is 13.1. The fourth-order valence-corrected chi connectivity index (χ4v) is 3.60. The van der Waals surface area contributed by atoms with Crippen LogP contribution in [0.3, 0.4) is 0 Å². The molecule has 0 atom stereocenters. The number of anilines is 1. The number of carbonyl (C=O) groups excluding carboxylic acids is 1. The summed E-state index contributed by atoms with van der Waals surface area (Å²) in [4.78, 5) is 12.9. The van der Waals surface area contributed by atoms with Crippen molar-refractivity contribution >= 4 is 21.7 Å². The number of hydrogen-bond donors (Lipinski definition) is 2. The van der Waals surface area contributed by atoms with Crippen molar-refractivity contribution in [2.24, 2.45) is 0 Å². The van der Waals surface area contributed by atoms with Crippen molar-refractivity contribution in [3.05, 3.63) is 58.7 Å². The molecule has 0 heterocycles. The van der Waals surface area contributed by atoms with Gasteiger partial charge >= 0.3 is 0 Å². The minimum atomic E-state index is -4.26. The summed E-state index contributed by atoms with van der Waals surface area (Å²) in [5.41, 5.74) is 4.35. The third-order valence-electron chi connectivity index (χ3n) is 4.77. The summed E-state index contributed by atoms with van der Waals surface area (Å²) in [6.45, 7) is 12.6. The van der Waals surface area contributed by atoms with E-state index in [0.29, 0.717) is 17.2 Å². The summed E-state index contributed by atoms with van der Waals surface area (Å²) in [6.07, 6.45) is 0. The number of nitrogens with one attached hydrogen (secondary N) is 1. The van der Waals surface area contributed by atoms with Gasteiger partial charge in [-0.15, -0.1) is 0 Å². The minimum absolute atomic E-state index is 0.179. The van der Waals surface area contributed by atoms with Crippen LogP contribution in [-0.2, 0) is 10.1 Å². The second-order valence-corrected chi connectivity index (χ2v) is 9.41. The molecular weight excluding hydrogens is 374 g/mol. The minimum Gasteiger partial charge on any atom is -0.322 e. The number of benzene rings is 2. The second kappa shape index (κ2) is 8.45. The highest BCUT2D eigenvalue weighted by atomic mass is 32.2. The van der Waals surface area contributed by atoms with Gasteiger partial charge in [-0.25, -0.2) is 0 Å². The summed E-state index contributed by atoms with van der Waals surface area (Å²) in [5, 5.41) is 2.86. The molecule has 0 aromatic heterocycles. The Morgan fingerprint density at radius 2 is 1.32 bits per heavy atom. The summed E-state index contributed by atoms with van der Waals surface area (Å²) in [6, 6.07) is 9.68. The average Bonchev–Trinajstić information content (AvgIpc) is 2.59. The molecule has 1 amide bonds. The summed E-state index contributed by atoms with van der Waals surface area (Å²) < 4.78 is 31.5. The third-order valence-corrected chi connectivity index (χ3v) is 5.64. The molecule has 152 valence electrons. The van der Waals surface area contributed by atoms with Gasteiger partial charge in [-0.1, -0.05) is 53.7 Å². The van der Waals surface area contributed by atoms with E-state index in [1.54, 1.807) is 0 Å². The quantitative estimate of drug-likeness (QED) is 0.619. The molecule has 5 nitrogen and oxygen atoms in total. The molecule has 2 aromatic carbocycles. The Morgan fingerprint density at radius 3 is 1.68 bits per heavy atom. The van der Waals surface area contributed by atoms with E-state index in [0.717, 1.165) is 11.1 Å². The molecule has 2 N–H and O–H groups in total. The van der Waals surface area contributed by atoms with Gasteiger partial charge in [-0.3, -0.25) is 9.35 Å². The molecule has 28 heavy (non-hydrogen) atoms. The van der Waals surface area contributed by atoms with Crippen LogP contribution in [0.4, 0.5) is 5.69 Å². The highest BCUT2D eigenvalue weighted by Crippen LogP contribution is 2.32. The Bertz CT molecular complexity index is 930. The molecule has 6 heteroatoms. The number of amides is 1. The van der Waals surface area contributed by atoms with E-state index in [-0.39, 0.29) is 22.6 Å². The number of carbonyl (C=O) groups is 1. The van der Waals surface area contributed by atoms with E-state index in [1.807, 2.05) is 0 Å². The van der Waals surface area contributed by atoms with Crippen LogP contribution in [0.1, 0.15) is 86.3 Å². The van der Waals surface area contributed by atoms with Gasteiger partial charge in [0, 0.05) is 11.3 Å². The fourth-order valence-electron chi connectivity index (χ4n) is 3.12. The Kier molecular flexibility index (Phi) is 6.67. The lowest BCUT2D eigenvalue weighted by atomic mass is 9.84. The van der Waals surface area contributed by atoms with Crippen LogP contribution in [0.15, 0.2) is 41.3 Å². The summed E-state index contributed by atoms with van der Waals surface area (Å²) in [5.74, 6) is 0.500. The standard InChI is InChI=1S/C22H29NO4S/c1-13(2)16-11-19(14(3)4)21(20(12-16)15(5)6)22(24)23-17-7-9-18(10-8-17)28(25,26)27/h7-15H,1-6H3,(H,23,24)(H,25,26,27). The molecule has 0 saturated heterocycles. The zero-order valence-corrected chi connectivity index (χ0v) is 18.1. The highest BCUT2D eigenvalue weighted by Gasteiger charge is 2.22. The van der Waals surface area contributed by atoms with Crippen LogP contribution in [0, 0.1) is 0 Å². The van der Waals surface area contributed by atoms with E-state index in [1.165, 1.54) is 29.8 Å². The first kappa shape index (κ1) is 22.1. The second-order valence-electron chi connectivity index (χ2n) is 7.99. The zero-order valence-electron chi connectivity index (χ0n) is 17.3. The maximum Gasteiger partial charge on any atom is 0.294 e. The first-order chi connectivity index (χ1) is 12.9. The molecule has 0 spiro atoms. The lowest BCUT2D eigenvalue weighted by molar-refractivity contribution is 0.102. The normalized spacial score (nSPS) is 12.1. The van der Waals surface area contributed by atoms with Crippen molar-refractivity contribution < 1.29 is 17.8 Å². The fraction of sp³-hybridized carbons (Fsp3) is 0.409. The van der Waals surface area contributed by atoms with Gasteiger partial charge in [0.05, 0.1) is 4.90 Å². The lowest BCUT2D eigenvalue weighted by Gasteiger charge is -2.22. The molecule has 0 aliphatic carbocycles. The SMILES string of the molecule is CC(C)c1cc(C(C)C)c(C(=O)Nc2ccc(S(=O)(=O)O)cc2)c(C(C)C)c1. The van der Waals surface area contributed by atoms with Gasteiger partial charge in [0.2, 0.25) is 0 Å². The van der Waals surface area contributed by atoms with Gasteiger partial charge in [0.15, 0.2) is 0 Å². The van der Waals surface area contributed by atoms with Gasteiger partial charge in [-0.2, -0.15) is 8.42 Å². The molecule has 2 rings (SSSR count). The van der Waals surface area contributed by atoms with Crippen LogP contribution < -0.4 is 5.32 Å². The molecular formula is C22H29NO4S. The molecule has 0 radical (unpaired) electrons. The summed E-state index contributed by atoms with van der Waals surface area (Å²) in [7, 11) is -4.26. The molecule has 0 aliphatic heterocycles. The number of rotatable bonds is 6. The third kappa shape index (κ3) is 5.00. The summed E-state index contributed by atoms with van der Waals surface area (Å²) >= 11 is 0. The monoisotopic (exact) mass is 403 g/mol. The van der Waals surface area contributed by atoms with Gasteiger partial charge < -0.3 is 5.32 Å². The van der Waals surface area contributed by atoms with Gasteiger partial charge in [0.1, 0.15) is 0 Å². The molecule has 0 saturated carbocycles. The van der Waals surface area contributed by atoms with Crippen LogP contribution in [-0.4, -0.2) is 18.9 Å². The van der Waals surface area contributed by atoms with E-state index in [2.05, 4.69) is 59.0 Å². The van der Waals surface area contributed by atoms with Crippen LogP contribution >= 0.6 is 0 Å². The maximum absolute atomic E-state index is 13.1. The van der Waals surface area contributed by atoms with Gasteiger partial charge in [-0.05, 0) is 58.7 Å². The first-order valence-electron chi connectivity index (χ1n) is 9.48. The van der Waals surface area contributed by atoms with E-state index < -0.39 is 10.1 Å². The van der Waals surface area contributed by atoms with Crippen molar-refractivity contribution in [2.45, 2.75) is 64.2 Å². The van der Waals surface area contributed by atoms with E-state index in [9.17, 15) is 13.2 Å². The molecule has 0 bridgehead atoms. The van der Waals surface area contributed by atoms with Crippen molar-refractivity contribution in [3.63, 3.8) is 0 Å². The number of hydrogen-bond acceptors (Lipinski definition) is 3. The van der Waals surface area contributed by atoms with E-state index in [4.69, 9.17) is 4.55 Å². The Morgan fingerprint density at radius 1 is 0.857 bits per heavy atom. The van der Waals surface area contributed by atoms with E-state index >= 15 is 0 Å². The van der Waals surface area contributed by atoms with Crippen molar-refractivity contribution in [1.29, 1.82) is 0 Å². The predicted octanol–water partition coefficient (Wildman–Crippen LogP) is 5.56. The first-order valence-corrected chi connectivity index (χ1v) is 10.9. The Labute approximate surface area is 167 Å². The van der Waals surface area contributed by atoms with Crippen molar-refractivity contribution in [3.8, 4) is 0 Å².